The van der Waals surface area contributed by atoms with Gasteiger partial charge in [-0.3, -0.25) is 19.9 Å². The molecule has 2 N–H and O–H groups in total. The van der Waals surface area contributed by atoms with Gasteiger partial charge in [0.05, 0.1) is 11.1 Å². The molecule has 2 aromatic heterocycles. The minimum Gasteiger partial charge on any atom is -0.284 e. The number of hydrogen-bond acceptors (Lipinski definition) is 6. The summed E-state index contributed by atoms with van der Waals surface area (Å²) in [5.74, 6) is -0.460. The molecule has 0 fully saturated rings. The van der Waals surface area contributed by atoms with Gasteiger partial charge in [0, 0.05) is 12.3 Å². The van der Waals surface area contributed by atoms with E-state index >= 15 is 0 Å². The van der Waals surface area contributed by atoms with Crippen molar-refractivity contribution in [1.82, 2.24) is 15.2 Å². The monoisotopic (exact) mass is 303 g/mol. The van der Waals surface area contributed by atoms with E-state index in [0.29, 0.717) is 0 Å². The zero-order valence-electron chi connectivity index (χ0n) is 9.07. The Bertz CT molecular complexity index is 715. The van der Waals surface area contributed by atoms with Gasteiger partial charge in [-0.2, -0.15) is 5.10 Å². The van der Waals surface area contributed by atoms with E-state index in [2.05, 4.69) is 15.2 Å². The molecule has 0 radical (unpaired) electrons. The predicted octanol–water partition coefficient (Wildman–Crippen LogP) is 1.17. The molecule has 0 aliphatic carbocycles. The normalized spacial score (nSPS) is 11.2. The summed E-state index contributed by atoms with van der Waals surface area (Å²) >= 11 is 5.59. The lowest BCUT2D eigenvalue weighted by Crippen LogP contribution is -2.14. The molecule has 11 heteroatoms. The molecule has 0 amide bonds. The summed E-state index contributed by atoms with van der Waals surface area (Å²) in [6.45, 7) is 0. The number of sulfonamides is 1. The van der Waals surface area contributed by atoms with Gasteiger partial charge < -0.3 is 0 Å². The third kappa shape index (κ3) is 2.80. The van der Waals surface area contributed by atoms with Crippen LogP contribution in [0.5, 0.6) is 0 Å². The van der Waals surface area contributed by atoms with Gasteiger partial charge in [-0.05, 0) is 6.07 Å². The predicted molar refractivity (Wildman–Crippen MR) is 65.3 cm³/mol. The first-order valence-corrected chi connectivity index (χ1v) is 6.59. The Morgan fingerprint density at radius 1 is 1.42 bits per heavy atom. The number of H-pyrrole nitrogens is 1. The highest BCUT2D eigenvalue weighted by atomic mass is 35.5. The maximum Gasteiger partial charge on any atom is 0.312 e. The van der Waals surface area contributed by atoms with Crippen molar-refractivity contribution in [3.05, 3.63) is 39.8 Å². The Balaban J connectivity index is 2.44. The van der Waals surface area contributed by atoms with Gasteiger partial charge in [0.1, 0.15) is 10.0 Å². The minimum atomic E-state index is -4.01. The standard InChI is InChI=1S/C8H6ClN5O4S/c9-7-2-1-6(14(15)16)8(12-7)13-19(17,18)5-3-10-11-4-5/h1-4H,(H,10,11)(H,12,13). The van der Waals surface area contributed by atoms with Crippen LogP contribution in [-0.2, 0) is 10.0 Å². The van der Waals surface area contributed by atoms with Crippen LogP contribution in [0.4, 0.5) is 11.5 Å². The van der Waals surface area contributed by atoms with Crippen molar-refractivity contribution in [3.63, 3.8) is 0 Å². The van der Waals surface area contributed by atoms with Crippen LogP contribution in [0.25, 0.3) is 0 Å². The molecule has 2 heterocycles. The zero-order valence-corrected chi connectivity index (χ0v) is 10.6. The largest absolute Gasteiger partial charge is 0.312 e. The van der Waals surface area contributed by atoms with Crippen molar-refractivity contribution in [2.24, 2.45) is 0 Å². The lowest BCUT2D eigenvalue weighted by Gasteiger charge is -2.05. The molecule has 0 unspecified atom stereocenters. The summed E-state index contributed by atoms with van der Waals surface area (Å²) < 4.78 is 25.7. The molecular formula is C8H6ClN5O4S. The van der Waals surface area contributed by atoms with E-state index in [4.69, 9.17) is 11.6 Å². The molecule has 9 nitrogen and oxygen atoms in total. The maximum absolute atomic E-state index is 11.9. The molecule has 2 aromatic rings. The van der Waals surface area contributed by atoms with Gasteiger partial charge in [0.2, 0.25) is 5.82 Å². The van der Waals surface area contributed by atoms with Crippen LogP contribution in [0.3, 0.4) is 0 Å². The Morgan fingerprint density at radius 2 is 2.16 bits per heavy atom. The summed E-state index contributed by atoms with van der Waals surface area (Å²) in [5.41, 5.74) is -0.503. The Morgan fingerprint density at radius 3 is 2.74 bits per heavy atom. The molecular weight excluding hydrogens is 298 g/mol. The summed E-state index contributed by atoms with van der Waals surface area (Å²) in [6, 6.07) is 2.25. The van der Waals surface area contributed by atoms with E-state index in [1.807, 2.05) is 4.72 Å². The number of anilines is 1. The first-order valence-electron chi connectivity index (χ1n) is 4.73. The quantitative estimate of drug-likeness (QED) is 0.495. The van der Waals surface area contributed by atoms with Gasteiger partial charge in [-0.15, -0.1) is 0 Å². The van der Waals surface area contributed by atoms with Gasteiger partial charge in [-0.1, -0.05) is 11.6 Å². The van der Waals surface area contributed by atoms with E-state index in [1.54, 1.807) is 0 Å². The fraction of sp³-hybridized carbons (Fsp3) is 0. The third-order valence-electron chi connectivity index (χ3n) is 2.05. The van der Waals surface area contributed by atoms with E-state index in [-0.39, 0.29) is 10.0 Å². The van der Waals surface area contributed by atoms with Crippen molar-refractivity contribution in [2.45, 2.75) is 4.90 Å². The first-order chi connectivity index (χ1) is 8.90. The number of aromatic nitrogens is 3. The van der Waals surface area contributed by atoms with Crippen LogP contribution in [-0.4, -0.2) is 28.5 Å². The van der Waals surface area contributed by atoms with E-state index in [9.17, 15) is 18.5 Å². The van der Waals surface area contributed by atoms with Crippen LogP contribution < -0.4 is 4.72 Å². The lowest BCUT2D eigenvalue weighted by molar-refractivity contribution is -0.384. The second kappa shape index (κ2) is 4.82. The van der Waals surface area contributed by atoms with Gasteiger partial charge in [-0.25, -0.2) is 13.4 Å². The molecule has 100 valence electrons. The van der Waals surface area contributed by atoms with Crippen LogP contribution in [0.1, 0.15) is 0 Å². The first kappa shape index (κ1) is 13.2. The molecule has 0 spiro atoms. The Labute approximate surface area is 111 Å². The molecule has 2 rings (SSSR count). The average Bonchev–Trinajstić information content (AvgIpc) is 2.81. The molecule has 0 saturated heterocycles. The smallest absolute Gasteiger partial charge is 0.284 e. The van der Waals surface area contributed by atoms with Crippen molar-refractivity contribution in [1.29, 1.82) is 0 Å². The van der Waals surface area contributed by atoms with Gasteiger partial charge >= 0.3 is 5.69 Å². The van der Waals surface area contributed by atoms with Crippen LogP contribution in [0.2, 0.25) is 5.15 Å². The van der Waals surface area contributed by atoms with E-state index in [1.165, 1.54) is 6.07 Å². The lowest BCUT2D eigenvalue weighted by atomic mass is 10.4. The fourth-order valence-corrected chi connectivity index (χ4v) is 2.29. The Hall–Kier alpha value is -2.20. The highest BCUT2D eigenvalue weighted by molar-refractivity contribution is 7.92. The molecule has 0 aromatic carbocycles. The van der Waals surface area contributed by atoms with Crippen LogP contribution in [0, 0.1) is 10.1 Å². The molecule has 0 saturated carbocycles. The van der Waals surface area contributed by atoms with Gasteiger partial charge in [0.25, 0.3) is 10.0 Å². The number of nitrogens with one attached hydrogen (secondary N) is 2. The third-order valence-corrected chi connectivity index (χ3v) is 3.57. The molecule has 0 bridgehead atoms. The van der Waals surface area contributed by atoms with E-state index in [0.717, 1.165) is 18.5 Å². The summed E-state index contributed by atoms with van der Waals surface area (Å²) in [7, 11) is -4.01. The number of halogens is 1. The second-order valence-corrected chi connectivity index (χ2v) is 5.37. The number of rotatable bonds is 4. The topological polar surface area (TPSA) is 131 Å². The molecule has 0 aliphatic heterocycles. The zero-order chi connectivity index (χ0) is 14.0. The summed E-state index contributed by atoms with van der Waals surface area (Å²) in [6.07, 6.45) is 2.18. The van der Waals surface area contributed by atoms with Crippen molar-refractivity contribution < 1.29 is 13.3 Å². The van der Waals surface area contributed by atoms with Crippen molar-refractivity contribution >= 4 is 33.1 Å². The molecule has 19 heavy (non-hydrogen) atoms. The molecule has 0 atom stereocenters. The fourth-order valence-electron chi connectivity index (χ4n) is 1.22. The summed E-state index contributed by atoms with van der Waals surface area (Å²) in [4.78, 5) is 13.4. The molecule has 0 aliphatic rings. The number of aromatic amines is 1. The highest BCUT2D eigenvalue weighted by Crippen LogP contribution is 2.26. The number of nitrogens with zero attached hydrogens (tertiary/aromatic N) is 3. The maximum atomic E-state index is 11.9. The number of nitro groups is 1. The number of pyridine rings is 1. The number of hydrogen-bond donors (Lipinski definition) is 2. The van der Waals surface area contributed by atoms with Crippen molar-refractivity contribution in [3.8, 4) is 0 Å². The minimum absolute atomic E-state index is 0.0736. The summed E-state index contributed by atoms with van der Waals surface area (Å²) in [5, 5.41) is 16.5. The van der Waals surface area contributed by atoms with Crippen LogP contribution >= 0.6 is 11.6 Å². The van der Waals surface area contributed by atoms with Crippen LogP contribution in [0.15, 0.2) is 29.4 Å². The van der Waals surface area contributed by atoms with Gasteiger partial charge in [0.15, 0.2) is 0 Å². The average molecular weight is 304 g/mol. The Kier molecular flexibility index (Phi) is 3.36. The SMILES string of the molecule is O=[N+]([O-])c1ccc(Cl)nc1NS(=O)(=O)c1cn[nH]c1. The second-order valence-electron chi connectivity index (χ2n) is 3.30. The highest BCUT2D eigenvalue weighted by Gasteiger charge is 2.23. The van der Waals surface area contributed by atoms with Crippen molar-refractivity contribution in [2.75, 3.05) is 4.72 Å². The van der Waals surface area contributed by atoms with E-state index < -0.39 is 26.5 Å².